The summed E-state index contributed by atoms with van der Waals surface area (Å²) in [7, 11) is -4.32. The van der Waals surface area contributed by atoms with Crippen LogP contribution in [0.15, 0.2) is 108 Å². The largest absolute Gasteiger partial charge is 0.352 e. The fourth-order valence-corrected chi connectivity index (χ4v) is 6.43. The Hall–Kier alpha value is -4.21. The number of hydrogen-bond donors (Lipinski definition) is 1. The molecule has 0 spiro atoms. The summed E-state index contributed by atoms with van der Waals surface area (Å²) in [4.78, 5) is 29.6. The van der Waals surface area contributed by atoms with Crippen LogP contribution in [0, 0.1) is 12.7 Å². The summed E-state index contributed by atoms with van der Waals surface area (Å²) in [6.45, 7) is 5.10. The van der Waals surface area contributed by atoms with Crippen molar-refractivity contribution in [3.63, 3.8) is 0 Å². The van der Waals surface area contributed by atoms with E-state index < -0.39 is 34.3 Å². The standard InChI is InChI=1S/C35H37ClFN3O4S/c1-4-26(3)38-35(42)33(22-27-9-6-5-7-10-27)39(23-28-11-8-12-29(36)21-28)34(41)24-40(31-17-13-25(2)14-18-31)45(43,44)32-19-15-30(37)16-20-32/h5-21,26,33H,4,22-24H2,1-3H3,(H,38,42)/t26-,33+/m0/s1. The third-order valence-electron chi connectivity index (χ3n) is 7.52. The van der Waals surface area contributed by atoms with E-state index in [0.717, 1.165) is 39.7 Å². The maximum atomic E-state index is 14.5. The average Bonchev–Trinajstić information content (AvgIpc) is 3.02. The van der Waals surface area contributed by atoms with E-state index >= 15 is 0 Å². The second kappa shape index (κ2) is 15.2. The predicted molar refractivity (Wildman–Crippen MR) is 176 cm³/mol. The first-order valence-electron chi connectivity index (χ1n) is 14.7. The molecule has 0 aromatic heterocycles. The zero-order valence-corrected chi connectivity index (χ0v) is 27.1. The fourth-order valence-electron chi connectivity index (χ4n) is 4.80. The number of nitrogens with zero attached hydrogens (tertiary/aromatic N) is 2. The monoisotopic (exact) mass is 649 g/mol. The highest BCUT2D eigenvalue weighted by Gasteiger charge is 2.35. The molecule has 2 atom stereocenters. The normalized spacial score (nSPS) is 12.6. The summed E-state index contributed by atoms with van der Waals surface area (Å²) in [5.74, 6) is -1.54. The molecule has 0 aliphatic rings. The maximum Gasteiger partial charge on any atom is 0.264 e. The van der Waals surface area contributed by atoms with Gasteiger partial charge in [0.2, 0.25) is 11.8 Å². The molecule has 10 heteroatoms. The SMILES string of the molecule is CC[C@H](C)NC(=O)[C@@H](Cc1ccccc1)N(Cc1cccc(Cl)c1)C(=O)CN(c1ccc(C)cc1)S(=O)(=O)c1ccc(F)cc1. The zero-order chi connectivity index (χ0) is 32.6. The summed E-state index contributed by atoms with van der Waals surface area (Å²) in [5, 5.41) is 3.47. The Kier molecular flexibility index (Phi) is 11.4. The van der Waals surface area contributed by atoms with Crippen LogP contribution in [0.25, 0.3) is 0 Å². The van der Waals surface area contributed by atoms with Gasteiger partial charge in [0.05, 0.1) is 10.6 Å². The van der Waals surface area contributed by atoms with Gasteiger partial charge in [0, 0.05) is 24.0 Å². The van der Waals surface area contributed by atoms with Gasteiger partial charge in [0.15, 0.2) is 0 Å². The van der Waals surface area contributed by atoms with Crippen LogP contribution in [0.5, 0.6) is 0 Å². The van der Waals surface area contributed by atoms with Crippen molar-refractivity contribution in [2.24, 2.45) is 0 Å². The third-order valence-corrected chi connectivity index (χ3v) is 9.54. The molecule has 7 nitrogen and oxygen atoms in total. The average molecular weight is 650 g/mol. The maximum absolute atomic E-state index is 14.5. The lowest BCUT2D eigenvalue weighted by Crippen LogP contribution is -2.54. The smallest absolute Gasteiger partial charge is 0.264 e. The van der Waals surface area contributed by atoms with Gasteiger partial charge in [-0.1, -0.05) is 78.7 Å². The first kappa shape index (κ1) is 33.7. The number of rotatable bonds is 13. The van der Waals surface area contributed by atoms with Gasteiger partial charge in [-0.3, -0.25) is 13.9 Å². The molecule has 0 bridgehead atoms. The molecule has 4 rings (SSSR count). The van der Waals surface area contributed by atoms with Gasteiger partial charge in [-0.05, 0) is 79.9 Å². The second-order valence-corrected chi connectivity index (χ2v) is 13.3. The Morgan fingerprint density at radius 1 is 0.889 bits per heavy atom. The Balaban J connectivity index is 1.80. The molecule has 0 heterocycles. The van der Waals surface area contributed by atoms with E-state index in [0.29, 0.717) is 17.0 Å². The van der Waals surface area contributed by atoms with E-state index in [1.165, 1.54) is 4.90 Å². The minimum atomic E-state index is -4.32. The lowest BCUT2D eigenvalue weighted by atomic mass is 10.0. The van der Waals surface area contributed by atoms with Crippen molar-refractivity contribution in [2.45, 2.75) is 57.1 Å². The molecule has 0 fully saturated rings. The quantitative estimate of drug-likeness (QED) is 0.178. The van der Waals surface area contributed by atoms with E-state index in [9.17, 15) is 22.4 Å². The van der Waals surface area contributed by atoms with Crippen LogP contribution in [0.2, 0.25) is 5.02 Å². The summed E-state index contributed by atoms with van der Waals surface area (Å²) in [6, 6.07) is 26.3. The number of carbonyl (C=O) groups is 2. The van der Waals surface area contributed by atoms with Gasteiger partial charge in [-0.25, -0.2) is 12.8 Å². The van der Waals surface area contributed by atoms with Gasteiger partial charge in [-0.15, -0.1) is 0 Å². The molecule has 0 saturated carbocycles. The molecule has 0 aliphatic carbocycles. The van der Waals surface area contributed by atoms with Gasteiger partial charge in [0.25, 0.3) is 10.0 Å². The molecular formula is C35H37ClFN3O4S. The lowest BCUT2D eigenvalue weighted by molar-refractivity contribution is -0.140. The Morgan fingerprint density at radius 2 is 1.53 bits per heavy atom. The molecule has 45 heavy (non-hydrogen) atoms. The molecule has 0 saturated heterocycles. The minimum Gasteiger partial charge on any atom is -0.352 e. The van der Waals surface area contributed by atoms with Gasteiger partial charge >= 0.3 is 0 Å². The highest BCUT2D eigenvalue weighted by Crippen LogP contribution is 2.26. The van der Waals surface area contributed by atoms with Crippen LogP contribution >= 0.6 is 11.6 Å². The van der Waals surface area contributed by atoms with Crippen LogP contribution in [0.4, 0.5) is 10.1 Å². The van der Waals surface area contributed by atoms with Gasteiger partial charge in [-0.2, -0.15) is 0 Å². The number of sulfonamides is 1. The summed E-state index contributed by atoms with van der Waals surface area (Å²) in [5.41, 5.74) is 2.66. The van der Waals surface area contributed by atoms with Crippen molar-refractivity contribution in [3.8, 4) is 0 Å². The van der Waals surface area contributed by atoms with Crippen molar-refractivity contribution in [1.29, 1.82) is 0 Å². The van der Waals surface area contributed by atoms with Crippen LogP contribution in [0.3, 0.4) is 0 Å². The number of halogens is 2. The molecule has 236 valence electrons. The summed E-state index contributed by atoms with van der Waals surface area (Å²) >= 11 is 6.29. The van der Waals surface area contributed by atoms with E-state index in [1.54, 1.807) is 48.5 Å². The third kappa shape index (κ3) is 8.93. The van der Waals surface area contributed by atoms with Crippen LogP contribution in [0.1, 0.15) is 37.0 Å². The van der Waals surface area contributed by atoms with Gasteiger partial charge in [0.1, 0.15) is 18.4 Å². The number of hydrogen-bond acceptors (Lipinski definition) is 4. The minimum absolute atomic E-state index is 0.00313. The fraction of sp³-hybridized carbons (Fsp3) is 0.257. The molecule has 4 aromatic rings. The van der Waals surface area contributed by atoms with Crippen molar-refractivity contribution >= 4 is 39.1 Å². The van der Waals surface area contributed by atoms with Crippen molar-refractivity contribution in [3.05, 3.63) is 131 Å². The predicted octanol–water partition coefficient (Wildman–Crippen LogP) is 6.54. The molecule has 2 amide bonds. The topological polar surface area (TPSA) is 86.8 Å². The highest BCUT2D eigenvalue weighted by atomic mass is 35.5. The van der Waals surface area contributed by atoms with Gasteiger partial charge < -0.3 is 10.2 Å². The highest BCUT2D eigenvalue weighted by molar-refractivity contribution is 7.92. The van der Waals surface area contributed by atoms with Crippen molar-refractivity contribution in [2.75, 3.05) is 10.8 Å². The molecule has 0 aliphatic heterocycles. The van der Waals surface area contributed by atoms with Crippen LogP contribution in [-0.2, 0) is 32.6 Å². The van der Waals surface area contributed by atoms with Crippen molar-refractivity contribution in [1.82, 2.24) is 10.2 Å². The first-order chi connectivity index (χ1) is 21.5. The molecule has 0 unspecified atom stereocenters. The molecular weight excluding hydrogens is 613 g/mol. The Labute approximate surface area is 269 Å². The number of anilines is 1. The number of aryl methyl sites for hydroxylation is 1. The summed E-state index contributed by atoms with van der Waals surface area (Å²) < 4.78 is 42.7. The van der Waals surface area contributed by atoms with E-state index in [1.807, 2.05) is 51.1 Å². The van der Waals surface area contributed by atoms with Crippen LogP contribution in [-0.4, -0.2) is 43.8 Å². The first-order valence-corrected chi connectivity index (χ1v) is 16.5. The zero-order valence-electron chi connectivity index (χ0n) is 25.5. The van der Waals surface area contributed by atoms with Crippen LogP contribution < -0.4 is 9.62 Å². The second-order valence-electron chi connectivity index (χ2n) is 11.0. The molecule has 0 radical (unpaired) electrons. The van der Waals surface area contributed by atoms with E-state index in [4.69, 9.17) is 11.6 Å². The number of benzene rings is 4. The van der Waals surface area contributed by atoms with E-state index in [2.05, 4.69) is 5.32 Å². The van der Waals surface area contributed by atoms with E-state index in [-0.39, 0.29) is 35.5 Å². The molecule has 4 aromatic carbocycles. The number of amides is 2. The summed E-state index contributed by atoms with van der Waals surface area (Å²) in [6.07, 6.45) is 0.883. The Bertz CT molecular complexity index is 1700. The van der Waals surface area contributed by atoms with Crippen molar-refractivity contribution < 1.29 is 22.4 Å². The molecule has 1 N–H and O–H groups in total. The lowest BCUT2D eigenvalue weighted by Gasteiger charge is -2.34. The number of carbonyl (C=O) groups excluding carboxylic acids is 2. The Morgan fingerprint density at radius 3 is 2.16 bits per heavy atom. The number of nitrogens with one attached hydrogen (secondary N) is 1.